The molecule has 0 radical (unpaired) electrons. The molecule has 1 saturated heterocycles. The van der Waals surface area contributed by atoms with Gasteiger partial charge in [0.25, 0.3) is 0 Å². The number of morpholine rings is 1. The second-order valence-corrected chi connectivity index (χ2v) is 9.35. The topological polar surface area (TPSA) is 90.0 Å². The molecule has 1 heterocycles. The highest BCUT2D eigenvalue weighted by molar-refractivity contribution is 7.89. The van der Waals surface area contributed by atoms with E-state index in [4.69, 9.17) is 9.47 Å². The number of halogens is 1. The molecule has 0 aliphatic carbocycles. The highest BCUT2D eigenvalue weighted by Gasteiger charge is 2.32. The normalized spacial score (nSPS) is 19.7. The Morgan fingerprint density at radius 1 is 1.13 bits per heavy atom. The summed E-state index contributed by atoms with van der Waals surface area (Å²) in [5.41, 5.74) is -0.0504. The fraction of sp³-hybridized carbons (Fsp3) is 0.364. The molecule has 0 bridgehead atoms. The van der Waals surface area contributed by atoms with Crippen LogP contribution in [0, 0.1) is 5.82 Å². The third-order valence-corrected chi connectivity index (χ3v) is 6.69. The highest BCUT2D eigenvalue weighted by Crippen LogP contribution is 2.25. The Balaban J connectivity index is 1.87. The lowest BCUT2D eigenvalue weighted by Gasteiger charge is -2.34. The van der Waals surface area contributed by atoms with Gasteiger partial charge in [-0.1, -0.05) is 13.0 Å². The Morgan fingerprint density at radius 3 is 2.45 bits per heavy atom. The Hall–Kier alpha value is -2.62. The largest absolute Gasteiger partial charge is 0.422 e. The molecule has 2 aromatic carbocycles. The molecular weight excluding hydrogens is 425 g/mol. The number of nitrogens with zero attached hydrogens (tertiary/aromatic N) is 1. The van der Waals surface area contributed by atoms with Crippen LogP contribution in [-0.2, 0) is 14.8 Å². The summed E-state index contributed by atoms with van der Waals surface area (Å²) in [6.45, 7) is 5.62. The van der Waals surface area contributed by atoms with Crippen LogP contribution in [0.25, 0.3) is 0 Å². The zero-order valence-corrected chi connectivity index (χ0v) is 18.3. The maximum atomic E-state index is 13.5. The maximum Gasteiger partial charge on any atom is 0.343 e. The molecule has 1 fully saturated rings. The molecule has 2 atom stereocenters. The molecule has 166 valence electrons. The molecule has 1 aliphatic rings. The number of sulfonamides is 1. The Morgan fingerprint density at radius 2 is 1.81 bits per heavy atom. The van der Waals surface area contributed by atoms with Crippen molar-refractivity contribution in [3.63, 3.8) is 0 Å². The van der Waals surface area contributed by atoms with Gasteiger partial charge in [-0.2, -0.15) is 4.31 Å². The molecule has 9 heteroatoms. The van der Waals surface area contributed by atoms with Crippen LogP contribution in [0.3, 0.4) is 0 Å². The summed E-state index contributed by atoms with van der Waals surface area (Å²) in [4.78, 5) is 24.7. The summed E-state index contributed by atoms with van der Waals surface area (Å²) >= 11 is 0. The van der Waals surface area contributed by atoms with E-state index in [1.807, 2.05) is 0 Å². The molecule has 2 aromatic rings. The average Bonchev–Trinajstić information content (AvgIpc) is 2.73. The van der Waals surface area contributed by atoms with Gasteiger partial charge >= 0.3 is 5.97 Å². The lowest BCUT2D eigenvalue weighted by Crippen LogP contribution is -2.48. The number of hydrogen-bond donors (Lipinski definition) is 0. The van der Waals surface area contributed by atoms with E-state index in [-0.39, 0.29) is 59.3 Å². The summed E-state index contributed by atoms with van der Waals surface area (Å²) in [6, 6.07) is 8.78. The van der Waals surface area contributed by atoms with Gasteiger partial charge in [-0.25, -0.2) is 17.6 Å². The van der Waals surface area contributed by atoms with Crippen LogP contribution >= 0.6 is 0 Å². The Labute approximate surface area is 180 Å². The van der Waals surface area contributed by atoms with Crippen molar-refractivity contribution in [2.75, 3.05) is 13.1 Å². The quantitative estimate of drug-likeness (QED) is 0.381. The van der Waals surface area contributed by atoms with Crippen LogP contribution in [-0.4, -0.2) is 49.8 Å². The van der Waals surface area contributed by atoms with Crippen LogP contribution in [0.5, 0.6) is 5.75 Å². The van der Waals surface area contributed by atoms with Gasteiger partial charge in [-0.05, 0) is 50.2 Å². The third-order valence-electron chi connectivity index (χ3n) is 4.86. The molecule has 0 aromatic heterocycles. The molecule has 1 aliphatic heterocycles. The Kier molecular flexibility index (Phi) is 6.88. The van der Waals surface area contributed by atoms with Crippen molar-refractivity contribution in [2.24, 2.45) is 0 Å². The highest BCUT2D eigenvalue weighted by atomic mass is 32.2. The zero-order valence-electron chi connectivity index (χ0n) is 17.5. The van der Waals surface area contributed by atoms with Crippen molar-refractivity contribution in [1.29, 1.82) is 0 Å². The molecule has 2 unspecified atom stereocenters. The van der Waals surface area contributed by atoms with Gasteiger partial charge in [0, 0.05) is 19.5 Å². The summed E-state index contributed by atoms with van der Waals surface area (Å²) in [6.07, 6.45) is -0.391. The van der Waals surface area contributed by atoms with Crippen LogP contribution in [0.4, 0.5) is 4.39 Å². The molecule has 0 saturated carbocycles. The fourth-order valence-corrected chi connectivity index (χ4v) is 5.05. The number of carbonyl (C=O) groups is 2. The summed E-state index contributed by atoms with van der Waals surface area (Å²) < 4.78 is 51.9. The second-order valence-electron chi connectivity index (χ2n) is 7.41. The number of ketones is 1. The Bertz CT molecular complexity index is 1090. The van der Waals surface area contributed by atoms with E-state index in [1.54, 1.807) is 20.8 Å². The van der Waals surface area contributed by atoms with Crippen LogP contribution in [0.15, 0.2) is 47.4 Å². The van der Waals surface area contributed by atoms with E-state index in [0.717, 1.165) is 12.1 Å². The molecule has 3 rings (SSSR count). The van der Waals surface area contributed by atoms with Gasteiger partial charge in [0.15, 0.2) is 5.78 Å². The van der Waals surface area contributed by atoms with E-state index < -0.39 is 21.8 Å². The van der Waals surface area contributed by atoms with E-state index in [1.165, 1.54) is 34.6 Å². The van der Waals surface area contributed by atoms with Gasteiger partial charge < -0.3 is 9.47 Å². The minimum absolute atomic E-state index is 0.00495. The van der Waals surface area contributed by atoms with Crippen LogP contribution in [0.1, 0.15) is 47.9 Å². The molecule has 0 amide bonds. The number of carbonyl (C=O) groups excluding carboxylic acids is 2. The van der Waals surface area contributed by atoms with Crippen molar-refractivity contribution >= 4 is 21.8 Å². The predicted molar refractivity (Wildman–Crippen MR) is 111 cm³/mol. The number of benzene rings is 2. The van der Waals surface area contributed by atoms with Crippen molar-refractivity contribution in [3.8, 4) is 5.75 Å². The second kappa shape index (κ2) is 9.25. The monoisotopic (exact) mass is 449 g/mol. The first-order chi connectivity index (χ1) is 14.6. The molecule has 0 spiro atoms. The lowest BCUT2D eigenvalue weighted by atomic mass is 10.1. The lowest BCUT2D eigenvalue weighted by molar-refractivity contribution is -0.0440. The van der Waals surface area contributed by atoms with Crippen LogP contribution < -0.4 is 4.74 Å². The molecular formula is C22H24FNO6S. The first-order valence-electron chi connectivity index (χ1n) is 9.92. The average molecular weight is 450 g/mol. The minimum Gasteiger partial charge on any atom is -0.422 e. The first kappa shape index (κ1) is 23.1. The smallest absolute Gasteiger partial charge is 0.343 e. The minimum atomic E-state index is -3.85. The van der Waals surface area contributed by atoms with Crippen molar-refractivity contribution in [3.05, 3.63) is 59.4 Å². The van der Waals surface area contributed by atoms with Crippen molar-refractivity contribution in [2.45, 2.75) is 44.3 Å². The number of esters is 1. The van der Waals surface area contributed by atoms with Crippen molar-refractivity contribution < 1.29 is 31.9 Å². The van der Waals surface area contributed by atoms with E-state index in [0.29, 0.717) is 0 Å². The predicted octanol–water partition coefficient (Wildman–Crippen LogP) is 3.44. The number of rotatable bonds is 6. The van der Waals surface area contributed by atoms with Crippen LogP contribution in [0.2, 0.25) is 0 Å². The van der Waals surface area contributed by atoms with Gasteiger partial charge in [0.1, 0.15) is 11.6 Å². The fourth-order valence-electron chi connectivity index (χ4n) is 3.42. The summed E-state index contributed by atoms with van der Waals surface area (Å²) in [5, 5.41) is 0. The summed E-state index contributed by atoms with van der Waals surface area (Å²) in [7, 11) is -3.85. The number of hydrogen-bond acceptors (Lipinski definition) is 6. The zero-order chi connectivity index (χ0) is 22.8. The SMILES string of the molecule is CCC(=O)c1cc(F)ccc1OC(=O)c1cccc(S(=O)(=O)N2CC(C)OC(C)C2)c1. The standard InChI is InChI=1S/C22H24FNO6S/c1-4-20(25)19-11-17(23)8-9-21(19)30-22(26)16-6-5-7-18(10-16)31(27,28)24-12-14(2)29-15(3)13-24/h5-11,14-15H,4,12-13H2,1-3H3. The number of Topliss-reactive ketones (excluding diaryl/α,β-unsaturated/α-hetero) is 1. The van der Waals surface area contributed by atoms with E-state index in [9.17, 15) is 22.4 Å². The molecule has 7 nitrogen and oxygen atoms in total. The van der Waals surface area contributed by atoms with Gasteiger partial charge in [-0.3, -0.25) is 4.79 Å². The van der Waals surface area contributed by atoms with Gasteiger partial charge in [0.05, 0.1) is 28.2 Å². The van der Waals surface area contributed by atoms with Gasteiger partial charge in [-0.15, -0.1) is 0 Å². The first-order valence-corrected chi connectivity index (χ1v) is 11.4. The number of ether oxygens (including phenoxy) is 2. The van der Waals surface area contributed by atoms with E-state index >= 15 is 0 Å². The molecule has 31 heavy (non-hydrogen) atoms. The third kappa shape index (κ3) is 5.17. The molecule has 0 N–H and O–H groups in total. The van der Waals surface area contributed by atoms with Gasteiger partial charge in [0.2, 0.25) is 10.0 Å². The van der Waals surface area contributed by atoms with Crippen molar-refractivity contribution in [1.82, 2.24) is 4.31 Å². The summed E-state index contributed by atoms with van der Waals surface area (Å²) in [5.74, 6) is -1.94. The van der Waals surface area contributed by atoms with E-state index in [2.05, 4.69) is 0 Å². The maximum absolute atomic E-state index is 13.5.